The Kier molecular flexibility index (Phi) is 5.87. The number of likely N-dealkylation sites (tertiary alicyclic amines) is 1. The summed E-state index contributed by atoms with van der Waals surface area (Å²) in [5.41, 5.74) is 4.32. The summed E-state index contributed by atoms with van der Waals surface area (Å²) in [7, 11) is 0. The summed E-state index contributed by atoms with van der Waals surface area (Å²) < 4.78 is 0. The van der Waals surface area contributed by atoms with Gasteiger partial charge in [0.2, 0.25) is 5.91 Å². The number of pyridine rings is 1. The van der Waals surface area contributed by atoms with E-state index in [1.54, 1.807) is 6.20 Å². The Morgan fingerprint density at radius 2 is 1.93 bits per heavy atom. The number of aromatic nitrogens is 1. The Balaban J connectivity index is 1.32. The van der Waals surface area contributed by atoms with Crippen molar-refractivity contribution in [2.75, 3.05) is 26.2 Å². The van der Waals surface area contributed by atoms with E-state index in [4.69, 9.17) is 9.83 Å². The number of aliphatic imine (C=N–C) groups is 1. The summed E-state index contributed by atoms with van der Waals surface area (Å²) in [4.78, 5) is 31.8. The first kappa shape index (κ1) is 19.5. The van der Waals surface area contributed by atoms with Crippen molar-refractivity contribution in [3.63, 3.8) is 0 Å². The molecule has 2 aliphatic rings. The van der Waals surface area contributed by atoms with Crippen molar-refractivity contribution < 1.29 is 9.63 Å². The summed E-state index contributed by atoms with van der Waals surface area (Å²) in [6.45, 7) is 5.36. The number of carbonyl (C=O) groups excluding carboxylic acids is 1. The quantitative estimate of drug-likeness (QED) is 0.815. The summed E-state index contributed by atoms with van der Waals surface area (Å²) in [6, 6.07) is 15.8. The largest absolute Gasteiger partial charge is 0.338 e. The zero-order valence-corrected chi connectivity index (χ0v) is 16.8. The number of piperidine rings is 1. The number of amidine groups is 1. The molecule has 7 heteroatoms. The molecule has 0 atom stereocenters. The van der Waals surface area contributed by atoms with Crippen LogP contribution in [0.25, 0.3) is 0 Å². The van der Waals surface area contributed by atoms with Crippen LogP contribution in [0.2, 0.25) is 0 Å². The first-order valence-electron chi connectivity index (χ1n) is 10.2. The molecule has 3 heterocycles. The highest BCUT2D eigenvalue weighted by Crippen LogP contribution is 2.30. The van der Waals surface area contributed by atoms with E-state index in [9.17, 15) is 4.79 Å². The van der Waals surface area contributed by atoms with Crippen molar-refractivity contribution in [1.29, 1.82) is 0 Å². The number of benzene rings is 1. The second kappa shape index (κ2) is 8.71. The van der Waals surface area contributed by atoms with E-state index in [0.29, 0.717) is 25.5 Å². The number of likely N-dealkylation sites (N-methyl/N-ethyl adjacent to an activating group) is 1. The molecule has 2 aromatic rings. The molecule has 0 aliphatic carbocycles. The standard InChI is InChI=1S/C22H27N5O2/c1-2-27(16-18-8-4-3-5-9-18)20(28)17-26-14-11-22(12-15-26)24-21(25-29-22)19-10-6-7-13-23-19/h3-10,13H,2,11-12,14-17H2,1H3,(H,24,25). The van der Waals surface area contributed by atoms with Crippen molar-refractivity contribution >= 4 is 11.7 Å². The summed E-state index contributed by atoms with van der Waals surface area (Å²) in [6.07, 6.45) is 3.23. The monoisotopic (exact) mass is 393 g/mol. The van der Waals surface area contributed by atoms with Crippen LogP contribution in [0.3, 0.4) is 0 Å². The molecule has 0 saturated carbocycles. The minimum absolute atomic E-state index is 0.162. The SMILES string of the molecule is CCN(Cc1ccccc1)C(=O)CN1CCC2(CC1)N=C(c1ccccn1)NO2. The van der Waals surface area contributed by atoms with E-state index in [-0.39, 0.29) is 5.91 Å². The van der Waals surface area contributed by atoms with Gasteiger partial charge < -0.3 is 4.90 Å². The molecule has 1 N–H and O–H groups in total. The molecule has 1 amide bonds. The van der Waals surface area contributed by atoms with Gasteiger partial charge in [-0.15, -0.1) is 0 Å². The third kappa shape index (κ3) is 4.63. The number of hydroxylamine groups is 1. The first-order chi connectivity index (χ1) is 14.2. The van der Waals surface area contributed by atoms with Crippen LogP contribution in [0, 0.1) is 0 Å². The lowest BCUT2D eigenvalue weighted by Crippen LogP contribution is -2.48. The van der Waals surface area contributed by atoms with Gasteiger partial charge in [-0.05, 0) is 24.6 Å². The maximum atomic E-state index is 12.8. The molecular formula is C22H27N5O2. The lowest BCUT2D eigenvalue weighted by molar-refractivity contribution is -0.135. The Morgan fingerprint density at radius 1 is 1.17 bits per heavy atom. The van der Waals surface area contributed by atoms with Gasteiger partial charge in [-0.1, -0.05) is 36.4 Å². The van der Waals surface area contributed by atoms with Crippen LogP contribution < -0.4 is 5.48 Å². The molecule has 1 aromatic heterocycles. The fourth-order valence-corrected chi connectivity index (χ4v) is 3.75. The molecule has 0 bridgehead atoms. The number of carbonyl (C=O) groups is 1. The molecule has 29 heavy (non-hydrogen) atoms. The molecule has 1 spiro atoms. The molecule has 2 aliphatic heterocycles. The van der Waals surface area contributed by atoms with Gasteiger partial charge in [0.15, 0.2) is 11.6 Å². The van der Waals surface area contributed by atoms with Crippen LogP contribution in [0.15, 0.2) is 59.7 Å². The zero-order valence-electron chi connectivity index (χ0n) is 16.8. The smallest absolute Gasteiger partial charge is 0.237 e. The van der Waals surface area contributed by atoms with Crippen molar-refractivity contribution in [2.45, 2.75) is 32.0 Å². The van der Waals surface area contributed by atoms with E-state index < -0.39 is 5.72 Å². The van der Waals surface area contributed by atoms with Gasteiger partial charge in [0.1, 0.15) is 5.69 Å². The Morgan fingerprint density at radius 3 is 2.62 bits per heavy atom. The van der Waals surface area contributed by atoms with Crippen molar-refractivity contribution in [3.05, 3.63) is 66.0 Å². The molecule has 7 nitrogen and oxygen atoms in total. The van der Waals surface area contributed by atoms with Gasteiger partial charge in [0.25, 0.3) is 0 Å². The van der Waals surface area contributed by atoms with E-state index in [1.807, 2.05) is 48.2 Å². The fraction of sp³-hybridized carbons (Fsp3) is 0.409. The highest BCUT2D eigenvalue weighted by atomic mass is 16.7. The highest BCUT2D eigenvalue weighted by molar-refractivity contribution is 5.97. The Bertz CT molecular complexity index is 848. The van der Waals surface area contributed by atoms with Crippen LogP contribution in [0.5, 0.6) is 0 Å². The highest BCUT2D eigenvalue weighted by Gasteiger charge is 2.41. The molecule has 152 valence electrons. The Labute approximate surface area is 171 Å². The predicted octanol–water partition coefficient (Wildman–Crippen LogP) is 2.20. The summed E-state index contributed by atoms with van der Waals surface area (Å²) in [5, 5.41) is 0. The average molecular weight is 393 g/mol. The summed E-state index contributed by atoms with van der Waals surface area (Å²) in [5.74, 6) is 0.839. The maximum Gasteiger partial charge on any atom is 0.237 e. The maximum absolute atomic E-state index is 12.8. The topological polar surface area (TPSA) is 70.1 Å². The van der Waals surface area contributed by atoms with Crippen molar-refractivity contribution in [1.82, 2.24) is 20.3 Å². The number of amides is 1. The number of nitrogens with one attached hydrogen (secondary N) is 1. The van der Waals surface area contributed by atoms with Gasteiger partial charge >= 0.3 is 0 Å². The second-order valence-electron chi connectivity index (χ2n) is 7.50. The van der Waals surface area contributed by atoms with E-state index in [0.717, 1.165) is 37.2 Å². The van der Waals surface area contributed by atoms with E-state index in [2.05, 4.69) is 27.5 Å². The van der Waals surface area contributed by atoms with Crippen LogP contribution in [0.4, 0.5) is 0 Å². The van der Waals surface area contributed by atoms with Gasteiger partial charge in [-0.3, -0.25) is 14.7 Å². The second-order valence-corrected chi connectivity index (χ2v) is 7.50. The molecule has 1 fully saturated rings. The van der Waals surface area contributed by atoms with Gasteiger partial charge in [0.05, 0.1) is 6.54 Å². The number of nitrogens with zero attached hydrogens (tertiary/aromatic N) is 4. The van der Waals surface area contributed by atoms with Gasteiger partial charge in [-0.2, -0.15) is 0 Å². The molecule has 0 radical (unpaired) electrons. The lowest BCUT2D eigenvalue weighted by Gasteiger charge is -2.36. The minimum Gasteiger partial charge on any atom is -0.338 e. The third-order valence-electron chi connectivity index (χ3n) is 5.51. The van der Waals surface area contributed by atoms with Crippen molar-refractivity contribution in [2.24, 2.45) is 4.99 Å². The third-order valence-corrected chi connectivity index (χ3v) is 5.51. The number of hydrogen-bond acceptors (Lipinski definition) is 6. The van der Waals surface area contributed by atoms with Crippen LogP contribution >= 0.6 is 0 Å². The molecule has 4 rings (SSSR count). The molecular weight excluding hydrogens is 366 g/mol. The fourth-order valence-electron chi connectivity index (χ4n) is 3.75. The van der Waals surface area contributed by atoms with E-state index in [1.165, 1.54) is 0 Å². The average Bonchev–Trinajstić information content (AvgIpc) is 3.19. The van der Waals surface area contributed by atoms with Crippen LogP contribution in [-0.4, -0.2) is 58.4 Å². The van der Waals surface area contributed by atoms with E-state index >= 15 is 0 Å². The minimum atomic E-state index is -0.555. The van der Waals surface area contributed by atoms with Crippen LogP contribution in [-0.2, 0) is 16.2 Å². The van der Waals surface area contributed by atoms with Crippen LogP contribution in [0.1, 0.15) is 31.0 Å². The lowest BCUT2D eigenvalue weighted by atomic mass is 10.0. The summed E-state index contributed by atoms with van der Waals surface area (Å²) >= 11 is 0. The number of rotatable bonds is 6. The normalized spacial score (nSPS) is 18.3. The van der Waals surface area contributed by atoms with Gasteiger partial charge in [0, 0.05) is 45.2 Å². The number of hydrogen-bond donors (Lipinski definition) is 1. The first-order valence-corrected chi connectivity index (χ1v) is 10.2. The predicted molar refractivity (Wildman–Crippen MR) is 111 cm³/mol. The van der Waals surface area contributed by atoms with Gasteiger partial charge in [-0.25, -0.2) is 15.3 Å². The Hall–Kier alpha value is -2.77. The molecule has 0 unspecified atom stereocenters. The zero-order chi connectivity index (χ0) is 20.1. The van der Waals surface area contributed by atoms with Crippen molar-refractivity contribution in [3.8, 4) is 0 Å². The molecule has 1 saturated heterocycles. The molecule has 1 aromatic carbocycles.